The van der Waals surface area contributed by atoms with Crippen molar-refractivity contribution in [2.75, 3.05) is 7.11 Å². The maximum atomic E-state index is 6.37. The summed E-state index contributed by atoms with van der Waals surface area (Å²) in [6.07, 6.45) is 2.62. The number of methoxy groups -OCH3 is 1. The molecule has 1 unspecified atom stereocenters. The molecule has 0 saturated heterocycles. The lowest BCUT2D eigenvalue weighted by Gasteiger charge is -2.15. The third-order valence-electron chi connectivity index (χ3n) is 3.63. The van der Waals surface area contributed by atoms with Gasteiger partial charge >= 0.3 is 0 Å². The van der Waals surface area contributed by atoms with E-state index >= 15 is 0 Å². The lowest BCUT2D eigenvalue weighted by Crippen LogP contribution is -2.14. The standard InChI is InChI=1S/C17H18N2OS/c1-11-3-4-16(20-2)12(7-11)8-14(18)13-9-17-15(19-10-13)5-6-21-17/h3-7,9-10,14H,8,18H2,1-2H3. The number of rotatable bonds is 4. The van der Waals surface area contributed by atoms with Crippen molar-refractivity contribution in [2.24, 2.45) is 5.73 Å². The monoisotopic (exact) mass is 298 g/mol. The van der Waals surface area contributed by atoms with E-state index in [1.165, 1.54) is 10.3 Å². The Kier molecular flexibility index (Phi) is 3.90. The minimum atomic E-state index is -0.0836. The average molecular weight is 298 g/mol. The number of nitrogens with zero attached hydrogens (tertiary/aromatic N) is 1. The molecular weight excluding hydrogens is 280 g/mol. The van der Waals surface area contributed by atoms with Crippen molar-refractivity contribution < 1.29 is 4.74 Å². The van der Waals surface area contributed by atoms with Crippen molar-refractivity contribution in [3.05, 3.63) is 58.6 Å². The van der Waals surface area contributed by atoms with Crippen LogP contribution in [0.4, 0.5) is 0 Å². The van der Waals surface area contributed by atoms with Crippen LogP contribution < -0.4 is 10.5 Å². The SMILES string of the molecule is COc1ccc(C)cc1CC(N)c1cnc2ccsc2c1. The van der Waals surface area contributed by atoms with Gasteiger partial charge < -0.3 is 10.5 Å². The van der Waals surface area contributed by atoms with Crippen LogP contribution in [0, 0.1) is 6.92 Å². The average Bonchev–Trinajstić information content (AvgIpc) is 2.94. The molecule has 0 aliphatic rings. The van der Waals surface area contributed by atoms with Gasteiger partial charge in [-0.25, -0.2) is 0 Å². The first-order valence-corrected chi connectivity index (χ1v) is 7.77. The van der Waals surface area contributed by atoms with Crippen LogP contribution in [0.1, 0.15) is 22.7 Å². The zero-order valence-electron chi connectivity index (χ0n) is 12.2. The second-order valence-electron chi connectivity index (χ2n) is 5.20. The summed E-state index contributed by atoms with van der Waals surface area (Å²) in [5, 5.41) is 2.05. The Hall–Kier alpha value is -1.91. The summed E-state index contributed by atoms with van der Waals surface area (Å²) in [6.45, 7) is 2.08. The normalized spacial score (nSPS) is 12.5. The van der Waals surface area contributed by atoms with Crippen LogP contribution in [0.25, 0.3) is 10.2 Å². The van der Waals surface area contributed by atoms with E-state index in [0.717, 1.165) is 28.8 Å². The topological polar surface area (TPSA) is 48.1 Å². The van der Waals surface area contributed by atoms with Gasteiger partial charge in [-0.1, -0.05) is 17.7 Å². The number of nitrogens with two attached hydrogens (primary N) is 1. The third-order valence-corrected chi connectivity index (χ3v) is 4.48. The number of fused-ring (bicyclic) bond motifs is 1. The van der Waals surface area contributed by atoms with Crippen LogP contribution in [-0.4, -0.2) is 12.1 Å². The van der Waals surface area contributed by atoms with E-state index in [4.69, 9.17) is 10.5 Å². The Balaban J connectivity index is 1.88. The van der Waals surface area contributed by atoms with E-state index in [-0.39, 0.29) is 6.04 Å². The molecule has 0 spiro atoms. The summed E-state index contributed by atoms with van der Waals surface area (Å²) < 4.78 is 6.61. The zero-order chi connectivity index (χ0) is 14.8. The molecule has 4 heteroatoms. The molecule has 2 N–H and O–H groups in total. The number of aromatic nitrogens is 1. The minimum Gasteiger partial charge on any atom is -0.496 e. The maximum Gasteiger partial charge on any atom is 0.122 e. The molecule has 1 atom stereocenters. The largest absolute Gasteiger partial charge is 0.496 e. The number of thiophene rings is 1. The van der Waals surface area contributed by atoms with Crippen LogP contribution >= 0.6 is 11.3 Å². The van der Waals surface area contributed by atoms with Crippen molar-refractivity contribution in [3.63, 3.8) is 0 Å². The molecule has 2 aromatic heterocycles. The minimum absolute atomic E-state index is 0.0836. The van der Waals surface area contributed by atoms with Gasteiger partial charge in [0.25, 0.3) is 0 Å². The van der Waals surface area contributed by atoms with Gasteiger partial charge in [-0.2, -0.15) is 0 Å². The molecule has 0 radical (unpaired) electrons. The third kappa shape index (κ3) is 2.91. The molecule has 0 aliphatic carbocycles. The van der Waals surface area contributed by atoms with E-state index in [0.29, 0.717) is 0 Å². The molecule has 0 saturated carbocycles. The Labute approximate surface area is 128 Å². The Morgan fingerprint density at radius 1 is 1.29 bits per heavy atom. The van der Waals surface area contributed by atoms with Gasteiger partial charge in [0.15, 0.2) is 0 Å². The number of pyridine rings is 1. The molecule has 0 fully saturated rings. The van der Waals surface area contributed by atoms with Crippen LogP contribution in [-0.2, 0) is 6.42 Å². The zero-order valence-corrected chi connectivity index (χ0v) is 13.0. The smallest absolute Gasteiger partial charge is 0.122 e. The molecule has 108 valence electrons. The highest BCUT2D eigenvalue weighted by Gasteiger charge is 2.12. The van der Waals surface area contributed by atoms with Crippen molar-refractivity contribution >= 4 is 21.6 Å². The summed E-state index contributed by atoms with van der Waals surface area (Å²) >= 11 is 1.69. The second kappa shape index (κ2) is 5.84. The lowest BCUT2D eigenvalue weighted by molar-refractivity contribution is 0.408. The highest BCUT2D eigenvalue weighted by atomic mass is 32.1. The van der Waals surface area contributed by atoms with Crippen LogP contribution in [0.2, 0.25) is 0 Å². The van der Waals surface area contributed by atoms with Crippen LogP contribution in [0.3, 0.4) is 0 Å². The number of ether oxygens (including phenoxy) is 1. The maximum absolute atomic E-state index is 6.37. The van der Waals surface area contributed by atoms with Crippen LogP contribution in [0.15, 0.2) is 41.9 Å². The van der Waals surface area contributed by atoms with Gasteiger partial charge in [0.05, 0.1) is 17.3 Å². The number of hydrogen-bond donors (Lipinski definition) is 1. The molecule has 0 bridgehead atoms. The van der Waals surface area contributed by atoms with Gasteiger partial charge in [-0.3, -0.25) is 4.98 Å². The van der Waals surface area contributed by atoms with Crippen molar-refractivity contribution in [2.45, 2.75) is 19.4 Å². The van der Waals surface area contributed by atoms with E-state index in [2.05, 4.69) is 29.4 Å². The fourth-order valence-corrected chi connectivity index (χ4v) is 3.28. The van der Waals surface area contributed by atoms with Gasteiger partial charge in [0.2, 0.25) is 0 Å². The molecule has 3 aromatic rings. The van der Waals surface area contributed by atoms with Crippen molar-refractivity contribution in [3.8, 4) is 5.75 Å². The van der Waals surface area contributed by atoms with E-state index < -0.39 is 0 Å². The summed E-state index contributed by atoms with van der Waals surface area (Å²) in [5.74, 6) is 0.890. The van der Waals surface area contributed by atoms with E-state index in [1.54, 1.807) is 18.4 Å². The number of hydrogen-bond acceptors (Lipinski definition) is 4. The van der Waals surface area contributed by atoms with Gasteiger partial charge in [0, 0.05) is 12.2 Å². The van der Waals surface area contributed by atoms with Crippen LogP contribution in [0.5, 0.6) is 5.75 Å². The van der Waals surface area contributed by atoms with Crippen molar-refractivity contribution in [1.29, 1.82) is 0 Å². The molecule has 1 aromatic carbocycles. The van der Waals surface area contributed by atoms with E-state index in [1.807, 2.05) is 24.4 Å². The molecule has 2 heterocycles. The molecule has 21 heavy (non-hydrogen) atoms. The number of benzene rings is 1. The first kappa shape index (κ1) is 14.0. The summed E-state index contributed by atoms with van der Waals surface area (Å²) in [6, 6.07) is 10.3. The highest BCUT2D eigenvalue weighted by Crippen LogP contribution is 2.27. The lowest BCUT2D eigenvalue weighted by atomic mass is 9.99. The second-order valence-corrected chi connectivity index (χ2v) is 6.15. The van der Waals surface area contributed by atoms with Gasteiger partial charge in [0.1, 0.15) is 5.75 Å². The molecule has 0 aliphatic heterocycles. The van der Waals surface area contributed by atoms with Crippen molar-refractivity contribution in [1.82, 2.24) is 4.98 Å². The highest BCUT2D eigenvalue weighted by molar-refractivity contribution is 7.17. The number of aryl methyl sites for hydroxylation is 1. The Bertz CT molecular complexity index is 766. The Morgan fingerprint density at radius 2 is 2.14 bits per heavy atom. The summed E-state index contributed by atoms with van der Waals surface area (Å²) in [7, 11) is 1.69. The van der Waals surface area contributed by atoms with Gasteiger partial charge in [-0.15, -0.1) is 11.3 Å². The first-order chi connectivity index (χ1) is 10.2. The van der Waals surface area contributed by atoms with Gasteiger partial charge in [-0.05, 0) is 48.1 Å². The summed E-state index contributed by atoms with van der Waals surface area (Å²) in [5.41, 5.74) is 10.8. The predicted molar refractivity (Wildman–Crippen MR) is 88.0 cm³/mol. The molecule has 0 amide bonds. The first-order valence-electron chi connectivity index (χ1n) is 6.89. The Morgan fingerprint density at radius 3 is 2.95 bits per heavy atom. The fourth-order valence-electron chi connectivity index (χ4n) is 2.49. The quantitative estimate of drug-likeness (QED) is 0.795. The molecular formula is C17H18N2OS. The molecule has 3 nitrogen and oxygen atoms in total. The predicted octanol–water partition coefficient (Wildman–Crippen LogP) is 3.86. The van der Waals surface area contributed by atoms with E-state index in [9.17, 15) is 0 Å². The summed E-state index contributed by atoms with van der Waals surface area (Å²) in [4.78, 5) is 4.46. The molecule has 3 rings (SSSR count). The fraction of sp³-hybridized carbons (Fsp3) is 0.235.